The molecule has 0 bridgehead atoms. The molecule has 0 aliphatic heterocycles. The monoisotopic (exact) mass is 627 g/mol. The van der Waals surface area contributed by atoms with Gasteiger partial charge < -0.3 is 4.42 Å². The number of nitrogens with zero attached hydrogens (tertiary/aromatic N) is 3. The molecule has 1 aliphatic carbocycles. The van der Waals surface area contributed by atoms with Crippen molar-refractivity contribution < 1.29 is 4.42 Å². The van der Waals surface area contributed by atoms with E-state index < -0.39 is 0 Å². The summed E-state index contributed by atoms with van der Waals surface area (Å²) >= 11 is 0. The van der Waals surface area contributed by atoms with E-state index in [4.69, 9.17) is 19.4 Å². The Morgan fingerprint density at radius 2 is 1.20 bits per heavy atom. The first-order valence-corrected chi connectivity index (χ1v) is 16.7. The van der Waals surface area contributed by atoms with Crippen molar-refractivity contribution in [3.63, 3.8) is 0 Å². The van der Waals surface area contributed by atoms with Crippen LogP contribution in [0.2, 0.25) is 0 Å². The summed E-state index contributed by atoms with van der Waals surface area (Å²) in [6, 6.07) is 50.9. The van der Waals surface area contributed by atoms with Crippen molar-refractivity contribution in [1.82, 2.24) is 15.0 Å². The van der Waals surface area contributed by atoms with Crippen LogP contribution in [0.25, 0.3) is 83.7 Å². The number of hydrogen-bond donors (Lipinski definition) is 0. The molecule has 2 heterocycles. The van der Waals surface area contributed by atoms with E-state index in [1.807, 2.05) is 42.5 Å². The molecule has 2 aromatic heterocycles. The summed E-state index contributed by atoms with van der Waals surface area (Å²) in [5.74, 6) is 2.20. The van der Waals surface area contributed by atoms with E-state index in [2.05, 4.69) is 115 Å². The minimum Gasteiger partial charge on any atom is -0.456 e. The van der Waals surface area contributed by atoms with Gasteiger partial charge in [-0.05, 0) is 68.9 Å². The van der Waals surface area contributed by atoms with Crippen LogP contribution in [0.1, 0.15) is 22.6 Å². The van der Waals surface area contributed by atoms with Crippen molar-refractivity contribution in [3.8, 4) is 34.2 Å². The van der Waals surface area contributed by atoms with E-state index in [1.54, 1.807) is 0 Å². The van der Waals surface area contributed by atoms with Crippen LogP contribution in [0.3, 0.4) is 0 Å². The van der Waals surface area contributed by atoms with Crippen molar-refractivity contribution in [2.75, 3.05) is 0 Å². The molecule has 1 atom stereocenters. The fourth-order valence-corrected chi connectivity index (χ4v) is 7.31. The van der Waals surface area contributed by atoms with E-state index >= 15 is 0 Å². The van der Waals surface area contributed by atoms with Gasteiger partial charge in [-0.1, -0.05) is 133 Å². The molecule has 0 saturated carbocycles. The molecule has 0 saturated heterocycles. The Morgan fingerprint density at radius 3 is 2.02 bits per heavy atom. The summed E-state index contributed by atoms with van der Waals surface area (Å²) in [7, 11) is 0. The zero-order valence-corrected chi connectivity index (χ0v) is 26.5. The topological polar surface area (TPSA) is 51.8 Å². The van der Waals surface area contributed by atoms with Crippen LogP contribution >= 0.6 is 0 Å². The van der Waals surface area contributed by atoms with Crippen LogP contribution in [0, 0.1) is 0 Å². The average molecular weight is 628 g/mol. The lowest BCUT2D eigenvalue weighted by molar-refractivity contribution is 0.668. The molecule has 1 aliphatic rings. The summed E-state index contributed by atoms with van der Waals surface area (Å²) in [6.45, 7) is 0. The Bertz CT molecular complexity index is 2760. The SMILES string of the molecule is C1=CC(c2ccc3ccccc3c2)Cc2cc3c(cc21)oc1cccc(-c2nc(-c4ccccc4)nc(-c4ccc5ccccc5c4)n2)c13. The lowest BCUT2D eigenvalue weighted by atomic mass is 9.84. The Labute approximate surface area is 283 Å². The zero-order chi connectivity index (χ0) is 32.3. The minimum atomic E-state index is 0.300. The molecule has 7 aromatic carbocycles. The van der Waals surface area contributed by atoms with Crippen molar-refractivity contribution >= 4 is 49.6 Å². The van der Waals surface area contributed by atoms with Crippen LogP contribution in [0.5, 0.6) is 0 Å². The van der Waals surface area contributed by atoms with E-state index in [9.17, 15) is 0 Å². The largest absolute Gasteiger partial charge is 0.456 e. The maximum absolute atomic E-state index is 6.51. The van der Waals surface area contributed by atoms with Gasteiger partial charge in [-0.15, -0.1) is 0 Å². The molecular weight excluding hydrogens is 599 g/mol. The van der Waals surface area contributed by atoms with Gasteiger partial charge in [0.15, 0.2) is 17.5 Å². The standard InChI is InChI=1S/C45H29N3O/c1-2-11-30(12-3-1)43-46-44(36-22-18-29-10-5-7-14-32(29)24-36)48-45(47-43)38-15-8-16-40-42(38)39-26-37-25-34(20-21-35(37)27-41(39)49-40)33-19-17-28-9-4-6-13-31(28)23-33/h1-24,26-27,34H,25H2. The smallest absolute Gasteiger partial charge is 0.164 e. The van der Waals surface area contributed by atoms with Crippen molar-refractivity contribution in [3.05, 3.63) is 168 Å². The van der Waals surface area contributed by atoms with Crippen LogP contribution in [-0.4, -0.2) is 15.0 Å². The first-order valence-electron chi connectivity index (χ1n) is 16.7. The summed E-state index contributed by atoms with van der Waals surface area (Å²) in [6.07, 6.45) is 5.50. The van der Waals surface area contributed by atoms with Crippen LogP contribution in [-0.2, 0) is 6.42 Å². The molecule has 0 amide bonds. The lowest BCUT2D eigenvalue weighted by Crippen LogP contribution is -2.05. The normalized spacial score (nSPS) is 14.2. The summed E-state index contributed by atoms with van der Waals surface area (Å²) < 4.78 is 6.51. The maximum Gasteiger partial charge on any atom is 0.164 e. The molecule has 0 spiro atoms. The molecule has 9 aromatic rings. The molecule has 0 fully saturated rings. The van der Waals surface area contributed by atoms with E-state index in [0.29, 0.717) is 23.4 Å². The predicted octanol–water partition coefficient (Wildman–Crippen LogP) is 11.4. The second kappa shape index (κ2) is 11.1. The Hall–Kier alpha value is -6.39. The van der Waals surface area contributed by atoms with Crippen LogP contribution < -0.4 is 0 Å². The van der Waals surface area contributed by atoms with Gasteiger partial charge in [-0.3, -0.25) is 0 Å². The van der Waals surface area contributed by atoms with E-state index in [0.717, 1.165) is 50.4 Å². The quantitative estimate of drug-likeness (QED) is 0.195. The summed E-state index contributed by atoms with van der Waals surface area (Å²) in [4.78, 5) is 15.2. The Balaban J connectivity index is 1.12. The van der Waals surface area contributed by atoms with Gasteiger partial charge >= 0.3 is 0 Å². The van der Waals surface area contributed by atoms with E-state index in [-0.39, 0.29) is 0 Å². The lowest BCUT2D eigenvalue weighted by Gasteiger charge is -2.20. The minimum absolute atomic E-state index is 0.300. The number of aromatic nitrogens is 3. The van der Waals surface area contributed by atoms with E-state index in [1.165, 1.54) is 32.8 Å². The van der Waals surface area contributed by atoms with Gasteiger partial charge in [-0.25, -0.2) is 15.0 Å². The highest BCUT2D eigenvalue weighted by atomic mass is 16.3. The average Bonchev–Trinajstić information content (AvgIpc) is 3.54. The molecule has 0 N–H and O–H groups in total. The van der Waals surface area contributed by atoms with Crippen molar-refractivity contribution in [1.29, 1.82) is 0 Å². The highest BCUT2D eigenvalue weighted by molar-refractivity contribution is 6.12. The fraction of sp³-hybridized carbons (Fsp3) is 0.0444. The second-order valence-corrected chi connectivity index (χ2v) is 12.8. The number of hydrogen-bond acceptors (Lipinski definition) is 4. The third kappa shape index (κ3) is 4.80. The molecule has 4 nitrogen and oxygen atoms in total. The Kier molecular flexibility index (Phi) is 6.28. The molecule has 1 unspecified atom stereocenters. The predicted molar refractivity (Wildman–Crippen MR) is 200 cm³/mol. The van der Waals surface area contributed by atoms with Gasteiger partial charge in [0.05, 0.1) is 0 Å². The van der Waals surface area contributed by atoms with Gasteiger partial charge in [0.1, 0.15) is 11.2 Å². The van der Waals surface area contributed by atoms with Crippen LogP contribution in [0.4, 0.5) is 0 Å². The summed E-state index contributed by atoms with van der Waals surface area (Å²) in [5, 5.41) is 6.96. The Morgan fingerprint density at radius 1 is 0.510 bits per heavy atom. The maximum atomic E-state index is 6.51. The summed E-state index contributed by atoms with van der Waals surface area (Å²) in [5.41, 5.74) is 8.34. The van der Waals surface area contributed by atoms with Gasteiger partial charge in [-0.2, -0.15) is 0 Å². The number of rotatable bonds is 4. The van der Waals surface area contributed by atoms with Crippen molar-refractivity contribution in [2.45, 2.75) is 12.3 Å². The fourth-order valence-electron chi connectivity index (χ4n) is 7.31. The van der Waals surface area contributed by atoms with Gasteiger partial charge in [0.2, 0.25) is 0 Å². The molecule has 49 heavy (non-hydrogen) atoms. The highest BCUT2D eigenvalue weighted by Crippen LogP contribution is 2.40. The van der Waals surface area contributed by atoms with Gasteiger partial charge in [0.25, 0.3) is 0 Å². The number of benzene rings is 7. The molecule has 0 radical (unpaired) electrons. The first kappa shape index (κ1) is 27.7. The first-order chi connectivity index (χ1) is 24.2. The van der Waals surface area contributed by atoms with Crippen LogP contribution in [0.15, 0.2) is 156 Å². The van der Waals surface area contributed by atoms with Crippen molar-refractivity contribution in [2.24, 2.45) is 0 Å². The molecule has 4 heteroatoms. The third-order valence-electron chi connectivity index (χ3n) is 9.82. The van der Waals surface area contributed by atoms with Gasteiger partial charge in [0, 0.05) is 33.4 Å². The molecule has 10 rings (SSSR count). The number of allylic oxidation sites excluding steroid dienone is 1. The second-order valence-electron chi connectivity index (χ2n) is 12.8. The zero-order valence-electron chi connectivity index (χ0n) is 26.5. The highest BCUT2D eigenvalue weighted by Gasteiger charge is 2.22. The number of fused-ring (bicyclic) bond motifs is 6. The third-order valence-corrected chi connectivity index (χ3v) is 9.82. The molecular formula is C45H29N3O. The molecule has 230 valence electrons. The number of furan rings is 1.